The molecule has 0 unspecified atom stereocenters. The molecule has 1 N–H and O–H groups in total. The Kier molecular flexibility index (Phi) is 5.66. The van der Waals surface area contributed by atoms with Crippen LogP contribution in [0.3, 0.4) is 0 Å². The second-order valence-electron chi connectivity index (χ2n) is 6.02. The number of carbonyl (C=O) groups excluding carboxylic acids is 1. The number of nitrogens with zero attached hydrogens (tertiary/aromatic N) is 4. The molecule has 0 aliphatic rings. The first kappa shape index (κ1) is 20.2. The average molecular weight is 432 g/mol. The Labute approximate surface area is 167 Å². The van der Waals surface area contributed by atoms with Crippen LogP contribution in [0.5, 0.6) is 0 Å². The second-order valence-corrected chi connectivity index (χ2v) is 6.87. The van der Waals surface area contributed by atoms with Gasteiger partial charge < -0.3 is 5.32 Å². The number of anilines is 1. The van der Waals surface area contributed by atoms with Crippen molar-refractivity contribution in [3.8, 4) is 0 Å². The maximum absolute atomic E-state index is 13.0. The van der Waals surface area contributed by atoms with Crippen LogP contribution in [0.4, 0.5) is 19.0 Å². The molecule has 0 aliphatic heterocycles. The normalized spacial score (nSPS) is 11.6. The minimum absolute atomic E-state index is 0.0538. The lowest BCUT2D eigenvalue weighted by atomic mass is 10.2. The van der Waals surface area contributed by atoms with Crippen molar-refractivity contribution in [2.45, 2.75) is 26.2 Å². The zero-order valence-electron chi connectivity index (χ0n) is 14.5. The van der Waals surface area contributed by atoms with Crippen LogP contribution >= 0.6 is 23.2 Å². The van der Waals surface area contributed by atoms with Gasteiger partial charge in [-0.15, -0.1) is 0 Å². The molecule has 28 heavy (non-hydrogen) atoms. The van der Waals surface area contributed by atoms with Crippen molar-refractivity contribution in [1.82, 2.24) is 19.6 Å². The first-order chi connectivity index (χ1) is 13.1. The summed E-state index contributed by atoms with van der Waals surface area (Å²) >= 11 is 11.9. The molecule has 1 amide bonds. The number of benzene rings is 1. The minimum atomic E-state index is -4.61. The van der Waals surface area contributed by atoms with E-state index in [0.29, 0.717) is 16.2 Å². The van der Waals surface area contributed by atoms with Crippen LogP contribution in [0.15, 0.2) is 36.5 Å². The maximum atomic E-state index is 13.0. The molecule has 0 saturated carbocycles. The van der Waals surface area contributed by atoms with Crippen LogP contribution in [0, 0.1) is 6.92 Å². The van der Waals surface area contributed by atoms with E-state index < -0.39 is 24.3 Å². The van der Waals surface area contributed by atoms with Crippen molar-refractivity contribution in [1.29, 1.82) is 0 Å². The summed E-state index contributed by atoms with van der Waals surface area (Å²) in [4.78, 5) is 12.2. The third-order valence-electron chi connectivity index (χ3n) is 3.72. The fraction of sp³-hybridized carbons (Fsp3) is 0.235. The largest absolute Gasteiger partial charge is 0.433 e. The highest BCUT2D eigenvalue weighted by Gasteiger charge is 2.35. The highest BCUT2D eigenvalue weighted by atomic mass is 35.5. The Hall–Kier alpha value is -2.52. The van der Waals surface area contributed by atoms with Gasteiger partial charge in [-0.3, -0.25) is 14.2 Å². The summed E-state index contributed by atoms with van der Waals surface area (Å²) in [5.74, 6) is -0.676. The molecule has 6 nitrogen and oxygen atoms in total. The molecule has 1 aromatic carbocycles. The average Bonchev–Trinajstić information content (AvgIpc) is 3.12. The van der Waals surface area contributed by atoms with Gasteiger partial charge in [0.1, 0.15) is 17.3 Å². The zero-order valence-corrected chi connectivity index (χ0v) is 16.0. The van der Waals surface area contributed by atoms with Gasteiger partial charge in [0, 0.05) is 11.2 Å². The third-order valence-corrected chi connectivity index (χ3v) is 4.25. The quantitative estimate of drug-likeness (QED) is 0.650. The van der Waals surface area contributed by atoms with E-state index in [4.69, 9.17) is 23.2 Å². The molecule has 0 saturated heterocycles. The fourth-order valence-electron chi connectivity index (χ4n) is 2.54. The molecule has 0 aliphatic carbocycles. The van der Waals surface area contributed by atoms with Crippen molar-refractivity contribution < 1.29 is 18.0 Å². The second kappa shape index (κ2) is 7.84. The van der Waals surface area contributed by atoms with Crippen LogP contribution in [0.25, 0.3) is 0 Å². The lowest BCUT2D eigenvalue weighted by Crippen LogP contribution is -2.24. The predicted octanol–water partition coefficient (Wildman–Crippen LogP) is 4.40. The van der Waals surface area contributed by atoms with E-state index in [1.54, 1.807) is 12.1 Å². The molecule has 148 valence electrons. The van der Waals surface area contributed by atoms with Crippen molar-refractivity contribution in [3.05, 3.63) is 63.5 Å². The molecule has 11 heteroatoms. The number of hydrogen-bond acceptors (Lipinski definition) is 3. The summed E-state index contributed by atoms with van der Waals surface area (Å²) < 4.78 is 41.1. The Balaban J connectivity index is 1.70. The summed E-state index contributed by atoms with van der Waals surface area (Å²) in [5.41, 5.74) is 0.0631. The molecular formula is C17H14Cl2F3N5O. The summed E-state index contributed by atoms with van der Waals surface area (Å²) in [5, 5.41) is 11.0. The minimum Gasteiger partial charge on any atom is -0.306 e. The van der Waals surface area contributed by atoms with Crippen LogP contribution in [0.1, 0.15) is 17.0 Å². The lowest BCUT2D eigenvalue weighted by Gasteiger charge is -2.10. The van der Waals surface area contributed by atoms with Gasteiger partial charge in [0.15, 0.2) is 5.82 Å². The van der Waals surface area contributed by atoms with Gasteiger partial charge in [0.25, 0.3) is 0 Å². The van der Waals surface area contributed by atoms with Crippen molar-refractivity contribution in [2.24, 2.45) is 0 Å². The Bertz CT molecular complexity index is 995. The van der Waals surface area contributed by atoms with Crippen LogP contribution in [0.2, 0.25) is 10.0 Å². The first-order valence-electron chi connectivity index (χ1n) is 8.01. The highest BCUT2D eigenvalue weighted by Crippen LogP contribution is 2.29. The molecule has 0 spiro atoms. The Morgan fingerprint density at radius 3 is 2.50 bits per heavy atom. The summed E-state index contributed by atoms with van der Waals surface area (Å²) in [7, 11) is 0. The summed E-state index contributed by atoms with van der Waals surface area (Å²) in [6.07, 6.45) is -3.11. The number of nitrogens with one attached hydrogen (secondary N) is 1. The van der Waals surface area contributed by atoms with Gasteiger partial charge >= 0.3 is 6.18 Å². The van der Waals surface area contributed by atoms with E-state index in [2.05, 4.69) is 15.5 Å². The molecule has 0 atom stereocenters. The number of halogens is 5. The standard InChI is InChI=1S/C17H14Cl2F3N5O/c1-10-6-14(17(20,21)22)27(24-10)9-15(28)23-16-13(19)8-26(25-16)7-11-2-4-12(18)5-3-11/h2-6,8H,7,9H2,1H3,(H,23,25,28). The molecule has 0 bridgehead atoms. The first-order valence-corrected chi connectivity index (χ1v) is 8.76. The van der Waals surface area contributed by atoms with Crippen LogP contribution in [-0.4, -0.2) is 25.5 Å². The molecule has 0 fully saturated rings. The molecule has 2 aromatic heterocycles. The molecule has 3 rings (SSSR count). The fourth-order valence-corrected chi connectivity index (χ4v) is 2.87. The Morgan fingerprint density at radius 1 is 1.18 bits per heavy atom. The maximum Gasteiger partial charge on any atom is 0.433 e. The SMILES string of the molecule is Cc1cc(C(F)(F)F)n(CC(=O)Nc2nn(Cc3ccc(Cl)cc3)cc2Cl)n1. The number of hydrogen-bond donors (Lipinski definition) is 1. The number of amides is 1. The number of carbonyl (C=O) groups is 1. The van der Waals surface area contributed by atoms with Crippen molar-refractivity contribution in [2.75, 3.05) is 5.32 Å². The number of alkyl halides is 3. The van der Waals surface area contributed by atoms with Gasteiger partial charge in [-0.05, 0) is 30.7 Å². The zero-order chi connectivity index (χ0) is 20.5. The van der Waals surface area contributed by atoms with E-state index in [1.165, 1.54) is 17.8 Å². The van der Waals surface area contributed by atoms with Gasteiger partial charge in [0.2, 0.25) is 5.91 Å². The monoisotopic (exact) mass is 431 g/mol. The van der Waals surface area contributed by atoms with E-state index in [1.807, 2.05) is 12.1 Å². The summed E-state index contributed by atoms with van der Waals surface area (Å²) in [6, 6.07) is 7.97. The number of aromatic nitrogens is 4. The number of aryl methyl sites for hydroxylation is 1. The lowest BCUT2D eigenvalue weighted by molar-refractivity contribution is -0.144. The van der Waals surface area contributed by atoms with E-state index in [-0.39, 0.29) is 16.5 Å². The van der Waals surface area contributed by atoms with E-state index in [0.717, 1.165) is 11.6 Å². The smallest absolute Gasteiger partial charge is 0.306 e. The molecule has 0 radical (unpaired) electrons. The van der Waals surface area contributed by atoms with Crippen LogP contribution in [-0.2, 0) is 24.1 Å². The van der Waals surface area contributed by atoms with E-state index >= 15 is 0 Å². The van der Waals surface area contributed by atoms with Gasteiger partial charge in [-0.2, -0.15) is 23.4 Å². The number of rotatable bonds is 5. The molecule has 2 heterocycles. The van der Waals surface area contributed by atoms with Gasteiger partial charge in [0.05, 0.1) is 12.2 Å². The molecular weight excluding hydrogens is 418 g/mol. The van der Waals surface area contributed by atoms with Gasteiger partial charge in [-0.25, -0.2) is 0 Å². The Morgan fingerprint density at radius 2 is 1.86 bits per heavy atom. The predicted molar refractivity (Wildman–Crippen MR) is 98.4 cm³/mol. The van der Waals surface area contributed by atoms with Crippen LogP contribution < -0.4 is 5.32 Å². The molecule has 3 aromatic rings. The highest BCUT2D eigenvalue weighted by molar-refractivity contribution is 6.33. The summed E-state index contributed by atoms with van der Waals surface area (Å²) in [6.45, 7) is 1.17. The third kappa shape index (κ3) is 4.85. The van der Waals surface area contributed by atoms with Crippen molar-refractivity contribution in [3.63, 3.8) is 0 Å². The topological polar surface area (TPSA) is 64.7 Å². The van der Waals surface area contributed by atoms with Crippen molar-refractivity contribution >= 4 is 34.9 Å². The van der Waals surface area contributed by atoms with E-state index in [9.17, 15) is 18.0 Å². The van der Waals surface area contributed by atoms with Gasteiger partial charge in [-0.1, -0.05) is 35.3 Å².